The maximum absolute atomic E-state index is 13.8. The first-order chi connectivity index (χ1) is 16.0. The topological polar surface area (TPSA) is 120 Å². The normalized spacial score (nSPS) is 13.6. The molecule has 4 aromatic rings. The van der Waals surface area contributed by atoms with Crippen molar-refractivity contribution in [1.29, 1.82) is 0 Å². The van der Waals surface area contributed by atoms with E-state index in [0.717, 1.165) is 22.0 Å². The van der Waals surface area contributed by atoms with Gasteiger partial charge in [0.1, 0.15) is 11.6 Å². The van der Waals surface area contributed by atoms with Crippen molar-refractivity contribution >= 4 is 34.2 Å². The van der Waals surface area contributed by atoms with Crippen molar-refractivity contribution in [2.24, 2.45) is 0 Å². The van der Waals surface area contributed by atoms with Gasteiger partial charge < -0.3 is 15.4 Å². The molecule has 0 saturated heterocycles. The van der Waals surface area contributed by atoms with Crippen molar-refractivity contribution in [2.75, 3.05) is 5.73 Å². The third-order valence-corrected chi connectivity index (χ3v) is 5.88. The van der Waals surface area contributed by atoms with E-state index in [1.165, 1.54) is 0 Å². The Morgan fingerprint density at radius 1 is 1.15 bits per heavy atom. The van der Waals surface area contributed by atoms with Crippen molar-refractivity contribution in [2.45, 2.75) is 32.7 Å². The Hall–Kier alpha value is -3.69. The molecule has 1 aliphatic rings. The van der Waals surface area contributed by atoms with E-state index in [0.29, 0.717) is 36.1 Å². The van der Waals surface area contributed by atoms with Crippen LogP contribution >= 0.6 is 11.6 Å². The van der Waals surface area contributed by atoms with Crippen LogP contribution in [0.15, 0.2) is 48.8 Å². The molecule has 1 atom stereocenters. The minimum atomic E-state index is -0.412. The van der Waals surface area contributed by atoms with Crippen LogP contribution in [-0.4, -0.2) is 36.0 Å². The molecule has 0 radical (unpaired) electrons. The van der Waals surface area contributed by atoms with Gasteiger partial charge in [0.05, 0.1) is 37.0 Å². The Morgan fingerprint density at radius 3 is 2.70 bits per heavy atom. The maximum Gasteiger partial charge on any atom is 0.254 e. The number of anilines is 1. The highest BCUT2D eigenvalue weighted by molar-refractivity contribution is 6.29. The fraction of sp³-hybridized carbons (Fsp3) is 0.217. The Morgan fingerprint density at radius 2 is 1.94 bits per heavy atom. The number of hydrogen-bond donors (Lipinski definition) is 1. The van der Waals surface area contributed by atoms with Crippen LogP contribution in [0.3, 0.4) is 0 Å². The number of nitrogens with zero attached hydrogens (tertiary/aromatic N) is 6. The smallest absolute Gasteiger partial charge is 0.254 e. The summed E-state index contributed by atoms with van der Waals surface area (Å²) in [5, 5.41) is 9.16. The molecule has 0 fully saturated rings. The molecule has 0 spiro atoms. The molecule has 10 heteroatoms. The lowest BCUT2D eigenvalue weighted by atomic mass is 10.0. The van der Waals surface area contributed by atoms with Crippen LogP contribution in [0.1, 0.15) is 46.0 Å². The van der Waals surface area contributed by atoms with Gasteiger partial charge >= 0.3 is 0 Å². The van der Waals surface area contributed by atoms with Gasteiger partial charge in [0.2, 0.25) is 0 Å². The number of ether oxygens (including phenoxy) is 1. The predicted octanol–water partition coefficient (Wildman–Crippen LogP) is 3.48. The molecular weight excluding hydrogens is 442 g/mol. The molecule has 3 aromatic heterocycles. The highest BCUT2D eigenvalue weighted by Gasteiger charge is 2.27. The molecule has 4 heterocycles. The average molecular weight is 462 g/mol. The second kappa shape index (κ2) is 8.68. The van der Waals surface area contributed by atoms with Crippen molar-refractivity contribution in [3.05, 3.63) is 82.2 Å². The van der Waals surface area contributed by atoms with Crippen LogP contribution in [0.5, 0.6) is 0 Å². The van der Waals surface area contributed by atoms with Gasteiger partial charge in [-0.2, -0.15) is 5.10 Å². The largest absolute Gasteiger partial charge is 0.383 e. The van der Waals surface area contributed by atoms with Gasteiger partial charge in [-0.15, -0.1) is 5.10 Å². The number of aromatic nitrogens is 5. The van der Waals surface area contributed by atoms with E-state index in [-0.39, 0.29) is 17.6 Å². The SMILES string of the molecule is CC(c1ncccn1)N(Cc1ccc(Cl)nn1)C(=O)c1ccc2nc(N)c3c(c2c1)COC3. The molecule has 9 nitrogen and oxygen atoms in total. The molecule has 5 rings (SSSR count). The van der Waals surface area contributed by atoms with E-state index >= 15 is 0 Å². The van der Waals surface area contributed by atoms with Gasteiger partial charge in [-0.3, -0.25) is 4.79 Å². The quantitative estimate of drug-likeness (QED) is 0.479. The average Bonchev–Trinajstić information content (AvgIpc) is 3.34. The van der Waals surface area contributed by atoms with Crippen molar-refractivity contribution in [3.63, 3.8) is 0 Å². The summed E-state index contributed by atoms with van der Waals surface area (Å²) in [6.07, 6.45) is 3.30. The van der Waals surface area contributed by atoms with Gasteiger partial charge in [-0.25, -0.2) is 15.0 Å². The first-order valence-corrected chi connectivity index (χ1v) is 10.7. The van der Waals surface area contributed by atoms with E-state index in [9.17, 15) is 4.79 Å². The number of carbonyl (C=O) groups is 1. The van der Waals surface area contributed by atoms with E-state index in [2.05, 4.69) is 25.1 Å². The number of nitrogens with two attached hydrogens (primary N) is 1. The van der Waals surface area contributed by atoms with Gasteiger partial charge in [-0.05, 0) is 48.9 Å². The lowest BCUT2D eigenvalue weighted by molar-refractivity contribution is 0.0663. The molecular formula is C23H20ClN7O2. The molecule has 1 amide bonds. The van der Waals surface area contributed by atoms with Crippen LogP contribution in [-0.2, 0) is 24.5 Å². The summed E-state index contributed by atoms with van der Waals surface area (Å²) < 4.78 is 5.58. The summed E-state index contributed by atoms with van der Waals surface area (Å²) in [7, 11) is 0. The number of rotatable bonds is 5. The zero-order valence-electron chi connectivity index (χ0n) is 17.8. The number of fused-ring (bicyclic) bond motifs is 3. The number of carbonyl (C=O) groups excluding carboxylic acids is 1. The molecule has 166 valence electrons. The summed E-state index contributed by atoms with van der Waals surface area (Å²) >= 11 is 5.88. The Bertz CT molecular complexity index is 1330. The van der Waals surface area contributed by atoms with Crippen LogP contribution in [0.2, 0.25) is 5.15 Å². The number of benzene rings is 1. The molecule has 33 heavy (non-hydrogen) atoms. The van der Waals surface area contributed by atoms with Gasteiger partial charge in [0.25, 0.3) is 5.91 Å². The van der Waals surface area contributed by atoms with E-state index < -0.39 is 6.04 Å². The maximum atomic E-state index is 13.8. The molecule has 1 unspecified atom stereocenters. The van der Waals surface area contributed by atoms with Crippen molar-refractivity contribution in [3.8, 4) is 0 Å². The number of halogens is 1. The summed E-state index contributed by atoms with van der Waals surface area (Å²) in [6.45, 7) is 2.95. The fourth-order valence-electron chi connectivity index (χ4n) is 3.92. The number of nitrogen functional groups attached to an aromatic ring is 1. The number of amides is 1. The zero-order chi connectivity index (χ0) is 22.9. The van der Waals surface area contributed by atoms with Crippen LogP contribution in [0.4, 0.5) is 5.82 Å². The van der Waals surface area contributed by atoms with Gasteiger partial charge in [0.15, 0.2) is 5.15 Å². The third-order valence-electron chi connectivity index (χ3n) is 5.68. The van der Waals surface area contributed by atoms with Gasteiger partial charge in [-0.1, -0.05) is 11.6 Å². The first kappa shape index (κ1) is 21.2. The van der Waals surface area contributed by atoms with Crippen LogP contribution in [0.25, 0.3) is 10.9 Å². The second-order valence-corrected chi connectivity index (χ2v) is 8.13. The molecule has 1 aromatic carbocycles. The molecule has 1 aliphatic heterocycles. The number of hydrogen-bond acceptors (Lipinski definition) is 8. The molecule has 2 N–H and O–H groups in total. The third kappa shape index (κ3) is 4.08. The highest BCUT2D eigenvalue weighted by Crippen LogP contribution is 2.32. The summed E-state index contributed by atoms with van der Waals surface area (Å²) in [5.41, 5.74) is 9.77. The lowest BCUT2D eigenvalue weighted by Gasteiger charge is -2.28. The molecule has 0 saturated carbocycles. The van der Waals surface area contributed by atoms with E-state index in [1.807, 2.05) is 19.1 Å². The highest BCUT2D eigenvalue weighted by atomic mass is 35.5. The van der Waals surface area contributed by atoms with Crippen LogP contribution < -0.4 is 5.73 Å². The number of pyridine rings is 1. The Labute approximate surface area is 194 Å². The minimum absolute atomic E-state index is 0.196. The predicted molar refractivity (Wildman–Crippen MR) is 122 cm³/mol. The Balaban J connectivity index is 1.55. The van der Waals surface area contributed by atoms with Crippen molar-refractivity contribution < 1.29 is 9.53 Å². The summed E-state index contributed by atoms with van der Waals surface area (Å²) in [5.74, 6) is 0.794. The first-order valence-electron chi connectivity index (χ1n) is 10.4. The van der Waals surface area contributed by atoms with Gasteiger partial charge in [0, 0.05) is 28.9 Å². The lowest BCUT2D eigenvalue weighted by Crippen LogP contribution is -2.34. The Kier molecular flexibility index (Phi) is 5.57. The molecule has 0 aliphatic carbocycles. The summed E-state index contributed by atoms with van der Waals surface area (Å²) in [4.78, 5) is 28.6. The van der Waals surface area contributed by atoms with E-state index in [1.54, 1.807) is 41.6 Å². The second-order valence-electron chi connectivity index (χ2n) is 7.74. The van der Waals surface area contributed by atoms with Crippen LogP contribution in [0, 0.1) is 0 Å². The zero-order valence-corrected chi connectivity index (χ0v) is 18.5. The van der Waals surface area contributed by atoms with Crippen molar-refractivity contribution in [1.82, 2.24) is 30.0 Å². The molecule has 0 bridgehead atoms. The fourth-order valence-corrected chi connectivity index (χ4v) is 4.02. The minimum Gasteiger partial charge on any atom is -0.383 e. The standard InChI is InChI=1S/C23H20ClN7O2/c1-13(22-26-7-2-8-27-22)31(10-15-4-6-20(24)30-29-15)23(32)14-3-5-19-16(9-14)17-11-33-12-18(17)21(25)28-19/h2-9,13H,10-12H2,1H3,(H2,25,28). The van der Waals surface area contributed by atoms with E-state index in [4.69, 9.17) is 22.1 Å². The monoisotopic (exact) mass is 461 g/mol. The summed E-state index contributed by atoms with van der Waals surface area (Å²) in [6, 6.07) is 10.1.